The fraction of sp³-hybridized carbons (Fsp3) is 0.100. The number of amides is 1. The van der Waals surface area contributed by atoms with Gasteiger partial charge in [-0.05, 0) is 48.9 Å². The maximum Gasteiger partial charge on any atom is 0.337 e. The van der Waals surface area contributed by atoms with Gasteiger partial charge >= 0.3 is 5.97 Å². The molecule has 7 heteroatoms. The highest BCUT2D eigenvalue weighted by Gasteiger charge is 2.12. The molecule has 2 heterocycles. The molecule has 3 rings (SSSR count). The molecule has 1 aromatic carbocycles. The first kappa shape index (κ1) is 18.5. The minimum absolute atomic E-state index is 0.263. The number of aryl methyl sites for hydroxylation is 1. The molecule has 27 heavy (non-hydrogen) atoms. The lowest BCUT2D eigenvalue weighted by atomic mass is 10.0. The number of carbonyl (C=O) groups excluding carboxylic acids is 2. The molecule has 0 aliphatic carbocycles. The Hall–Kier alpha value is -3.25. The molecule has 1 N–H and O–H groups in total. The number of methoxy groups -OCH3 is 1. The molecule has 0 atom stereocenters. The van der Waals surface area contributed by atoms with Crippen LogP contribution in [0, 0.1) is 6.92 Å². The number of ether oxygens (including phenoxy) is 1. The van der Waals surface area contributed by atoms with Gasteiger partial charge in [-0.15, -0.1) is 0 Å². The molecule has 0 spiro atoms. The summed E-state index contributed by atoms with van der Waals surface area (Å²) in [6.07, 6.45) is 4.77. The summed E-state index contributed by atoms with van der Waals surface area (Å²) < 4.78 is 4.73. The molecule has 0 saturated carbocycles. The van der Waals surface area contributed by atoms with Crippen molar-refractivity contribution in [3.8, 4) is 11.1 Å². The van der Waals surface area contributed by atoms with Gasteiger partial charge < -0.3 is 10.1 Å². The van der Waals surface area contributed by atoms with Gasteiger partial charge in [-0.1, -0.05) is 11.6 Å². The molecular weight excluding hydrogens is 366 g/mol. The molecule has 2 aromatic heterocycles. The Kier molecular flexibility index (Phi) is 5.47. The Morgan fingerprint density at radius 3 is 2.59 bits per heavy atom. The third kappa shape index (κ3) is 4.12. The predicted molar refractivity (Wildman–Crippen MR) is 103 cm³/mol. The number of hydrogen-bond donors (Lipinski definition) is 1. The molecule has 6 nitrogen and oxygen atoms in total. The van der Waals surface area contributed by atoms with E-state index in [2.05, 4.69) is 15.3 Å². The van der Waals surface area contributed by atoms with Crippen molar-refractivity contribution in [2.75, 3.05) is 12.4 Å². The monoisotopic (exact) mass is 381 g/mol. The van der Waals surface area contributed by atoms with Gasteiger partial charge in [0.05, 0.1) is 12.7 Å². The average Bonchev–Trinajstić information content (AvgIpc) is 2.68. The van der Waals surface area contributed by atoms with Gasteiger partial charge in [-0.3, -0.25) is 9.78 Å². The lowest BCUT2D eigenvalue weighted by molar-refractivity contribution is 0.0600. The summed E-state index contributed by atoms with van der Waals surface area (Å²) in [6, 6.07) is 9.96. The van der Waals surface area contributed by atoms with Crippen LogP contribution in [0.5, 0.6) is 0 Å². The highest BCUT2D eigenvalue weighted by atomic mass is 35.5. The first-order chi connectivity index (χ1) is 13.0. The van der Waals surface area contributed by atoms with Crippen molar-refractivity contribution in [3.63, 3.8) is 0 Å². The van der Waals surface area contributed by atoms with E-state index in [1.165, 1.54) is 7.11 Å². The van der Waals surface area contributed by atoms with Crippen LogP contribution in [0.2, 0.25) is 5.02 Å². The van der Waals surface area contributed by atoms with E-state index in [-0.39, 0.29) is 5.91 Å². The number of anilines is 1. The highest BCUT2D eigenvalue weighted by molar-refractivity contribution is 6.33. The Morgan fingerprint density at radius 2 is 1.93 bits per heavy atom. The quantitative estimate of drug-likeness (QED) is 0.687. The summed E-state index contributed by atoms with van der Waals surface area (Å²) in [5.74, 6) is -0.307. The lowest BCUT2D eigenvalue weighted by Gasteiger charge is -2.09. The molecule has 136 valence electrons. The van der Waals surface area contributed by atoms with Gasteiger partial charge in [0.2, 0.25) is 0 Å². The van der Waals surface area contributed by atoms with E-state index in [4.69, 9.17) is 16.3 Å². The number of hydrogen-bond acceptors (Lipinski definition) is 5. The number of nitrogens with zero attached hydrogens (tertiary/aromatic N) is 2. The van der Waals surface area contributed by atoms with Crippen molar-refractivity contribution in [1.29, 1.82) is 0 Å². The van der Waals surface area contributed by atoms with Crippen molar-refractivity contribution >= 4 is 29.3 Å². The number of nitrogens with one attached hydrogen (secondary N) is 1. The standard InChI is InChI=1S/C20H16ClN3O3/c1-12-10-22-8-7-15(12)19(25)24-18-6-4-14(11-23-18)16-9-13(20(26)27-2)3-5-17(16)21/h3-11H,1-2H3,(H,23,24,25). The van der Waals surface area contributed by atoms with Crippen LogP contribution in [-0.4, -0.2) is 29.0 Å². The summed E-state index contributed by atoms with van der Waals surface area (Å²) in [5.41, 5.74) is 3.06. The van der Waals surface area contributed by atoms with Crippen LogP contribution in [-0.2, 0) is 4.74 Å². The van der Waals surface area contributed by atoms with E-state index in [1.54, 1.807) is 55.0 Å². The van der Waals surface area contributed by atoms with Crippen molar-refractivity contribution in [2.24, 2.45) is 0 Å². The second kappa shape index (κ2) is 7.97. The van der Waals surface area contributed by atoms with Crippen molar-refractivity contribution in [1.82, 2.24) is 9.97 Å². The normalized spacial score (nSPS) is 10.3. The van der Waals surface area contributed by atoms with E-state index in [0.29, 0.717) is 33.1 Å². The maximum absolute atomic E-state index is 12.3. The van der Waals surface area contributed by atoms with E-state index in [0.717, 1.165) is 5.56 Å². The lowest BCUT2D eigenvalue weighted by Crippen LogP contribution is -2.14. The van der Waals surface area contributed by atoms with Crippen molar-refractivity contribution in [2.45, 2.75) is 6.92 Å². The zero-order chi connectivity index (χ0) is 19.4. The number of pyridine rings is 2. The minimum atomic E-state index is -0.447. The van der Waals surface area contributed by atoms with Crippen LogP contribution in [0.25, 0.3) is 11.1 Å². The van der Waals surface area contributed by atoms with E-state index >= 15 is 0 Å². The van der Waals surface area contributed by atoms with Gasteiger partial charge in [-0.2, -0.15) is 0 Å². The van der Waals surface area contributed by atoms with Crippen molar-refractivity contribution in [3.05, 3.63) is 76.7 Å². The third-order valence-corrected chi connectivity index (χ3v) is 4.30. The summed E-state index contributed by atoms with van der Waals surface area (Å²) in [5, 5.41) is 3.23. The molecule has 1 amide bonds. The molecule has 0 bridgehead atoms. The summed E-state index contributed by atoms with van der Waals surface area (Å²) in [6.45, 7) is 1.81. The maximum atomic E-state index is 12.3. The van der Waals surface area contributed by atoms with Gasteiger partial charge in [0, 0.05) is 40.3 Å². The molecule has 0 aliphatic rings. The van der Waals surface area contributed by atoms with Gasteiger partial charge in [0.15, 0.2) is 0 Å². The smallest absolute Gasteiger partial charge is 0.337 e. The SMILES string of the molecule is COC(=O)c1ccc(Cl)c(-c2ccc(NC(=O)c3ccncc3C)nc2)c1. The van der Waals surface area contributed by atoms with Crippen LogP contribution < -0.4 is 5.32 Å². The second-order valence-corrected chi connectivity index (χ2v) is 6.17. The number of rotatable bonds is 4. The molecule has 0 unspecified atom stereocenters. The van der Waals surface area contributed by atoms with Crippen LogP contribution in [0.3, 0.4) is 0 Å². The predicted octanol–water partition coefficient (Wildman–Crippen LogP) is 4.14. The Balaban J connectivity index is 1.83. The highest BCUT2D eigenvalue weighted by Crippen LogP contribution is 2.29. The first-order valence-corrected chi connectivity index (χ1v) is 8.43. The number of halogens is 1. The van der Waals surface area contributed by atoms with Crippen LogP contribution >= 0.6 is 11.6 Å². The molecule has 0 aliphatic heterocycles. The van der Waals surface area contributed by atoms with Crippen molar-refractivity contribution < 1.29 is 14.3 Å². The Labute approximate surface area is 161 Å². The fourth-order valence-corrected chi connectivity index (χ4v) is 2.76. The number of esters is 1. The summed E-state index contributed by atoms with van der Waals surface area (Å²) in [4.78, 5) is 32.3. The van der Waals surface area contributed by atoms with E-state index in [9.17, 15) is 9.59 Å². The van der Waals surface area contributed by atoms with Gasteiger partial charge in [-0.25, -0.2) is 9.78 Å². The molecule has 0 fully saturated rings. The second-order valence-electron chi connectivity index (χ2n) is 5.76. The molecular formula is C20H16ClN3O3. The zero-order valence-corrected chi connectivity index (χ0v) is 15.4. The van der Waals surface area contributed by atoms with Gasteiger partial charge in [0.1, 0.15) is 5.82 Å². The largest absolute Gasteiger partial charge is 0.465 e. The zero-order valence-electron chi connectivity index (χ0n) is 14.7. The topological polar surface area (TPSA) is 81.2 Å². The summed E-state index contributed by atoms with van der Waals surface area (Å²) >= 11 is 6.24. The fourth-order valence-electron chi connectivity index (χ4n) is 2.53. The summed E-state index contributed by atoms with van der Waals surface area (Å²) in [7, 11) is 1.32. The molecule has 3 aromatic rings. The Bertz CT molecular complexity index is 1000. The van der Waals surface area contributed by atoms with Gasteiger partial charge in [0.25, 0.3) is 5.91 Å². The number of carbonyl (C=O) groups is 2. The molecule has 0 radical (unpaired) electrons. The third-order valence-electron chi connectivity index (χ3n) is 3.97. The first-order valence-electron chi connectivity index (χ1n) is 8.06. The minimum Gasteiger partial charge on any atom is -0.465 e. The van der Waals surface area contributed by atoms with E-state index < -0.39 is 5.97 Å². The van der Waals surface area contributed by atoms with Crippen LogP contribution in [0.15, 0.2) is 55.0 Å². The Morgan fingerprint density at radius 1 is 1.11 bits per heavy atom. The number of benzene rings is 1. The average molecular weight is 382 g/mol. The number of aromatic nitrogens is 2. The van der Waals surface area contributed by atoms with E-state index in [1.807, 2.05) is 6.92 Å². The molecule has 0 saturated heterocycles. The van der Waals surface area contributed by atoms with Crippen LogP contribution in [0.4, 0.5) is 5.82 Å². The van der Waals surface area contributed by atoms with Crippen LogP contribution in [0.1, 0.15) is 26.3 Å².